The lowest BCUT2D eigenvalue weighted by atomic mass is 10.3. The zero-order valence-electron chi connectivity index (χ0n) is 15.9. The summed E-state index contributed by atoms with van der Waals surface area (Å²) in [7, 11) is 3.48. The van der Waals surface area contributed by atoms with Crippen LogP contribution in [0.2, 0.25) is 0 Å². The Balaban J connectivity index is 2.50. The van der Waals surface area contributed by atoms with E-state index in [0.29, 0.717) is 12.0 Å². The van der Waals surface area contributed by atoms with Gasteiger partial charge < -0.3 is 15.5 Å². The summed E-state index contributed by atoms with van der Waals surface area (Å²) in [5.41, 5.74) is 2.22. The second-order valence-corrected chi connectivity index (χ2v) is 6.34. The summed E-state index contributed by atoms with van der Waals surface area (Å²) in [5.74, 6) is 0.677. The third-order valence-corrected chi connectivity index (χ3v) is 3.81. The first-order valence-corrected chi connectivity index (χ1v) is 8.59. The Bertz CT molecular complexity index is 549. The molecule has 0 spiro atoms. The Hall–Kier alpha value is -2.05. The van der Waals surface area contributed by atoms with E-state index in [-0.39, 0.29) is 12.5 Å². The first kappa shape index (κ1) is 20.0. The lowest BCUT2D eigenvalue weighted by molar-refractivity contribution is -0.127. The van der Waals surface area contributed by atoms with Gasteiger partial charge in [-0.05, 0) is 39.7 Å². The SMILES string of the molecule is CCC(C)NC(=NCC(=O)N(C)C)NCCCn1nc(C)cc1C. The third-order valence-electron chi connectivity index (χ3n) is 3.81. The van der Waals surface area contributed by atoms with E-state index in [1.165, 1.54) is 5.69 Å². The van der Waals surface area contributed by atoms with E-state index in [0.717, 1.165) is 31.6 Å². The number of aryl methyl sites for hydroxylation is 3. The minimum absolute atomic E-state index is 0.0112. The average molecular weight is 336 g/mol. The number of nitrogens with one attached hydrogen (secondary N) is 2. The Morgan fingerprint density at radius 1 is 1.42 bits per heavy atom. The Morgan fingerprint density at radius 2 is 2.12 bits per heavy atom. The minimum atomic E-state index is -0.0112. The zero-order chi connectivity index (χ0) is 18.1. The molecule has 24 heavy (non-hydrogen) atoms. The quantitative estimate of drug-likeness (QED) is 0.426. The second-order valence-electron chi connectivity index (χ2n) is 6.34. The van der Waals surface area contributed by atoms with E-state index >= 15 is 0 Å². The molecule has 0 aliphatic heterocycles. The molecule has 0 radical (unpaired) electrons. The van der Waals surface area contributed by atoms with Gasteiger partial charge in [0.25, 0.3) is 0 Å². The first-order chi connectivity index (χ1) is 11.3. The Kier molecular flexibility index (Phi) is 8.29. The van der Waals surface area contributed by atoms with E-state index in [2.05, 4.69) is 47.6 Å². The standard InChI is InChI=1S/C17H32N6O/c1-7-13(2)20-17(19-12-16(24)22(5)6)18-9-8-10-23-15(4)11-14(3)21-23/h11,13H,7-10,12H2,1-6H3,(H2,18,19,20). The summed E-state index contributed by atoms with van der Waals surface area (Å²) in [6.07, 6.45) is 1.93. The summed E-state index contributed by atoms with van der Waals surface area (Å²) < 4.78 is 2.02. The summed E-state index contributed by atoms with van der Waals surface area (Å²) >= 11 is 0. The smallest absolute Gasteiger partial charge is 0.243 e. The number of hydrogen-bond donors (Lipinski definition) is 2. The molecule has 1 heterocycles. The van der Waals surface area contributed by atoms with Gasteiger partial charge in [-0.3, -0.25) is 9.48 Å². The lowest BCUT2D eigenvalue weighted by Gasteiger charge is -2.17. The van der Waals surface area contributed by atoms with Gasteiger partial charge in [-0.2, -0.15) is 5.10 Å². The van der Waals surface area contributed by atoms with Gasteiger partial charge in [-0.1, -0.05) is 6.92 Å². The number of hydrogen-bond acceptors (Lipinski definition) is 3. The molecule has 0 aliphatic carbocycles. The number of guanidine groups is 1. The number of aliphatic imine (C=N–C) groups is 1. The summed E-state index contributed by atoms with van der Waals surface area (Å²) in [6.45, 7) is 10.1. The molecule has 136 valence electrons. The van der Waals surface area contributed by atoms with Crippen molar-refractivity contribution in [2.45, 2.75) is 53.1 Å². The summed E-state index contributed by atoms with van der Waals surface area (Å²) in [4.78, 5) is 17.6. The number of carbonyl (C=O) groups is 1. The van der Waals surface area contributed by atoms with Gasteiger partial charge >= 0.3 is 0 Å². The van der Waals surface area contributed by atoms with E-state index < -0.39 is 0 Å². The molecular weight excluding hydrogens is 304 g/mol. The molecule has 0 saturated heterocycles. The van der Waals surface area contributed by atoms with Gasteiger partial charge in [-0.15, -0.1) is 0 Å². The zero-order valence-corrected chi connectivity index (χ0v) is 15.9. The predicted octanol–water partition coefficient (Wildman–Crippen LogP) is 1.31. The highest BCUT2D eigenvalue weighted by molar-refractivity contribution is 5.84. The van der Waals surface area contributed by atoms with E-state index in [1.807, 2.05) is 11.6 Å². The van der Waals surface area contributed by atoms with Crippen LogP contribution in [-0.2, 0) is 11.3 Å². The van der Waals surface area contributed by atoms with Gasteiger partial charge in [0.05, 0.1) is 5.69 Å². The van der Waals surface area contributed by atoms with Crippen molar-refractivity contribution in [3.05, 3.63) is 17.5 Å². The maximum atomic E-state index is 11.7. The van der Waals surface area contributed by atoms with E-state index in [1.54, 1.807) is 19.0 Å². The number of likely N-dealkylation sites (N-methyl/N-ethyl adjacent to an activating group) is 1. The van der Waals surface area contributed by atoms with Crippen LogP contribution in [0.5, 0.6) is 0 Å². The highest BCUT2D eigenvalue weighted by Crippen LogP contribution is 2.02. The number of rotatable bonds is 8. The Labute approximate surface area is 145 Å². The van der Waals surface area contributed by atoms with Crippen LogP contribution in [0.25, 0.3) is 0 Å². The largest absolute Gasteiger partial charge is 0.356 e. The molecule has 0 fully saturated rings. The van der Waals surface area contributed by atoms with Crippen LogP contribution in [0, 0.1) is 13.8 Å². The van der Waals surface area contributed by atoms with Crippen molar-refractivity contribution in [1.82, 2.24) is 25.3 Å². The van der Waals surface area contributed by atoms with Gasteiger partial charge in [0.2, 0.25) is 5.91 Å². The fraction of sp³-hybridized carbons (Fsp3) is 0.706. The van der Waals surface area contributed by atoms with Gasteiger partial charge in [0, 0.05) is 38.9 Å². The van der Waals surface area contributed by atoms with Crippen molar-refractivity contribution in [3.63, 3.8) is 0 Å². The van der Waals surface area contributed by atoms with E-state index in [4.69, 9.17) is 0 Å². The van der Waals surface area contributed by atoms with Gasteiger partial charge in [0.15, 0.2) is 5.96 Å². The molecular formula is C17H32N6O. The molecule has 0 saturated carbocycles. The molecule has 1 unspecified atom stereocenters. The maximum absolute atomic E-state index is 11.7. The number of aromatic nitrogens is 2. The van der Waals surface area contributed by atoms with Crippen LogP contribution >= 0.6 is 0 Å². The van der Waals surface area contributed by atoms with E-state index in [9.17, 15) is 4.79 Å². The Morgan fingerprint density at radius 3 is 2.67 bits per heavy atom. The maximum Gasteiger partial charge on any atom is 0.243 e. The number of nitrogens with zero attached hydrogens (tertiary/aromatic N) is 4. The molecule has 1 amide bonds. The van der Waals surface area contributed by atoms with Crippen LogP contribution in [0.15, 0.2) is 11.1 Å². The van der Waals surface area contributed by atoms with Crippen LogP contribution in [0.1, 0.15) is 38.1 Å². The van der Waals surface area contributed by atoms with Crippen molar-refractivity contribution < 1.29 is 4.79 Å². The van der Waals surface area contributed by atoms with Crippen molar-refractivity contribution in [3.8, 4) is 0 Å². The van der Waals surface area contributed by atoms with Crippen LogP contribution in [0.3, 0.4) is 0 Å². The van der Waals surface area contributed by atoms with Crippen molar-refractivity contribution in [1.29, 1.82) is 0 Å². The van der Waals surface area contributed by atoms with Crippen LogP contribution < -0.4 is 10.6 Å². The average Bonchev–Trinajstić information content (AvgIpc) is 2.85. The van der Waals surface area contributed by atoms with Crippen LogP contribution in [0.4, 0.5) is 0 Å². The normalized spacial score (nSPS) is 12.8. The molecule has 0 aromatic carbocycles. The molecule has 1 rings (SSSR count). The third kappa shape index (κ3) is 7.02. The first-order valence-electron chi connectivity index (χ1n) is 8.59. The van der Waals surface area contributed by atoms with Crippen molar-refractivity contribution >= 4 is 11.9 Å². The molecule has 0 bridgehead atoms. The monoisotopic (exact) mass is 336 g/mol. The summed E-state index contributed by atoms with van der Waals surface area (Å²) in [6, 6.07) is 2.39. The van der Waals surface area contributed by atoms with Gasteiger partial charge in [-0.25, -0.2) is 4.99 Å². The highest BCUT2D eigenvalue weighted by atomic mass is 16.2. The number of amides is 1. The molecule has 1 aromatic rings. The van der Waals surface area contributed by atoms with Crippen molar-refractivity contribution in [2.75, 3.05) is 27.2 Å². The lowest BCUT2D eigenvalue weighted by Crippen LogP contribution is -2.43. The molecule has 2 N–H and O–H groups in total. The molecule has 0 aliphatic rings. The molecule has 1 aromatic heterocycles. The molecule has 1 atom stereocenters. The minimum Gasteiger partial charge on any atom is -0.356 e. The predicted molar refractivity (Wildman–Crippen MR) is 98.2 cm³/mol. The summed E-state index contributed by atoms with van der Waals surface area (Å²) in [5, 5.41) is 11.1. The topological polar surface area (TPSA) is 74.6 Å². The molecule has 7 nitrogen and oxygen atoms in total. The molecule has 7 heteroatoms. The number of carbonyl (C=O) groups excluding carboxylic acids is 1. The highest BCUT2D eigenvalue weighted by Gasteiger charge is 2.07. The van der Waals surface area contributed by atoms with Crippen LogP contribution in [-0.4, -0.2) is 59.8 Å². The fourth-order valence-electron chi connectivity index (χ4n) is 2.11. The van der Waals surface area contributed by atoms with Crippen molar-refractivity contribution in [2.24, 2.45) is 4.99 Å². The fourth-order valence-corrected chi connectivity index (χ4v) is 2.11. The van der Waals surface area contributed by atoms with Gasteiger partial charge in [0.1, 0.15) is 6.54 Å². The second kappa shape index (κ2) is 9.95.